The number of aliphatic hydroxyl groups excluding tert-OH is 1. The quantitative estimate of drug-likeness (QED) is 0.736. The molecule has 7 heteroatoms. The van der Waals surface area contributed by atoms with E-state index in [1.165, 1.54) is 6.26 Å². The molecule has 0 aliphatic carbocycles. The van der Waals surface area contributed by atoms with Crippen molar-refractivity contribution in [2.75, 3.05) is 31.6 Å². The van der Waals surface area contributed by atoms with E-state index in [1.54, 1.807) is 11.0 Å². The lowest BCUT2D eigenvalue weighted by molar-refractivity contribution is -0.0388. The van der Waals surface area contributed by atoms with Crippen molar-refractivity contribution in [3.05, 3.63) is 12.3 Å². The fourth-order valence-corrected chi connectivity index (χ4v) is 1.48. The Morgan fingerprint density at radius 3 is 3.31 bits per heavy atom. The molecule has 1 aromatic heterocycles. The molecule has 1 unspecified atom stereocenters. The van der Waals surface area contributed by atoms with Crippen molar-refractivity contribution in [1.82, 2.24) is 10.1 Å². The van der Waals surface area contributed by atoms with E-state index < -0.39 is 0 Å². The van der Waals surface area contributed by atoms with E-state index in [9.17, 15) is 4.79 Å². The van der Waals surface area contributed by atoms with Crippen molar-refractivity contribution in [3.63, 3.8) is 0 Å². The summed E-state index contributed by atoms with van der Waals surface area (Å²) in [4.78, 5) is 13.3. The van der Waals surface area contributed by atoms with Crippen LogP contribution in [0.15, 0.2) is 16.9 Å². The first kappa shape index (κ1) is 10.9. The Balaban J connectivity index is 1.89. The van der Waals surface area contributed by atoms with Gasteiger partial charge in [-0.25, -0.2) is 4.79 Å². The molecule has 2 heterocycles. The average molecular weight is 227 g/mol. The van der Waals surface area contributed by atoms with Gasteiger partial charge in [0.25, 0.3) is 0 Å². The summed E-state index contributed by atoms with van der Waals surface area (Å²) in [6.45, 7) is 1.21. The molecule has 1 aromatic rings. The normalized spacial score (nSPS) is 20.8. The van der Waals surface area contributed by atoms with Crippen molar-refractivity contribution in [2.24, 2.45) is 0 Å². The third-order valence-electron chi connectivity index (χ3n) is 2.30. The zero-order chi connectivity index (χ0) is 11.4. The zero-order valence-electron chi connectivity index (χ0n) is 8.63. The molecule has 2 N–H and O–H groups in total. The molecule has 1 fully saturated rings. The van der Waals surface area contributed by atoms with Gasteiger partial charge in [-0.15, -0.1) is 0 Å². The minimum Gasteiger partial charge on any atom is -0.394 e. The maximum absolute atomic E-state index is 11.7. The molecule has 2 rings (SSSR count). The molecule has 1 atom stereocenters. The second-order valence-corrected chi connectivity index (χ2v) is 3.44. The van der Waals surface area contributed by atoms with Crippen molar-refractivity contribution < 1.29 is 19.2 Å². The number of hydrogen-bond donors (Lipinski definition) is 2. The van der Waals surface area contributed by atoms with Gasteiger partial charge in [-0.05, 0) is 0 Å². The van der Waals surface area contributed by atoms with Crippen LogP contribution in [-0.4, -0.2) is 53.6 Å². The van der Waals surface area contributed by atoms with Crippen LogP contribution in [0.2, 0.25) is 0 Å². The number of carbonyl (C=O) groups is 1. The third kappa shape index (κ3) is 2.50. The van der Waals surface area contributed by atoms with Crippen LogP contribution >= 0.6 is 0 Å². The van der Waals surface area contributed by atoms with Gasteiger partial charge >= 0.3 is 6.03 Å². The van der Waals surface area contributed by atoms with Crippen molar-refractivity contribution >= 4 is 11.8 Å². The summed E-state index contributed by atoms with van der Waals surface area (Å²) >= 11 is 0. The SMILES string of the molecule is O=C(Nc1ccon1)N1CCOC(CO)C1. The summed E-state index contributed by atoms with van der Waals surface area (Å²) < 4.78 is 9.83. The van der Waals surface area contributed by atoms with E-state index in [0.717, 1.165) is 0 Å². The first-order valence-electron chi connectivity index (χ1n) is 4.98. The van der Waals surface area contributed by atoms with Gasteiger partial charge in [0.1, 0.15) is 6.26 Å². The lowest BCUT2D eigenvalue weighted by atomic mass is 10.3. The van der Waals surface area contributed by atoms with Gasteiger partial charge in [-0.1, -0.05) is 5.16 Å². The highest BCUT2D eigenvalue weighted by atomic mass is 16.5. The van der Waals surface area contributed by atoms with Crippen LogP contribution in [0, 0.1) is 0 Å². The molecule has 7 nitrogen and oxygen atoms in total. The fraction of sp³-hybridized carbons (Fsp3) is 0.556. The Labute approximate surface area is 92.0 Å². The van der Waals surface area contributed by atoms with Crippen LogP contribution in [0.1, 0.15) is 0 Å². The fourth-order valence-electron chi connectivity index (χ4n) is 1.48. The summed E-state index contributed by atoms with van der Waals surface area (Å²) in [6.07, 6.45) is 1.07. The smallest absolute Gasteiger partial charge is 0.323 e. The largest absolute Gasteiger partial charge is 0.394 e. The highest BCUT2D eigenvalue weighted by molar-refractivity contribution is 5.88. The number of aromatic nitrogens is 1. The van der Waals surface area contributed by atoms with E-state index in [-0.39, 0.29) is 18.7 Å². The molecule has 0 bridgehead atoms. The van der Waals surface area contributed by atoms with Crippen molar-refractivity contribution in [3.8, 4) is 0 Å². The number of hydrogen-bond acceptors (Lipinski definition) is 5. The molecule has 16 heavy (non-hydrogen) atoms. The first-order chi connectivity index (χ1) is 7.79. The number of nitrogens with one attached hydrogen (secondary N) is 1. The number of nitrogens with zero attached hydrogens (tertiary/aromatic N) is 2. The van der Waals surface area contributed by atoms with E-state index in [4.69, 9.17) is 9.84 Å². The second kappa shape index (κ2) is 4.95. The number of ether oxygens (including phenoxy) is 1. The van der Waals surface area contributed by atoms with Gasteiger partial charge < -0.3 is 19.3 Å². The first-order valence-corrected chi connectivity index (χ1v) is 4.98. The summed E-state index contributed by atoms with van der Waals surface area (Å²) in [7, 11) is 0. The number of carbonyl (C=O) groups excluding carboxylic acids is 1. The van der Waals surface area contributed by atoms with Crippen LogP contribution in [0.5, 0.6) is 0 Å². The molecule has 1 aliphatic heterocycles. The second-order valence-electron chi connectivity index (χ2n) is 3.44. The zero-order valence-corrected chi connectivity index (χ0v) is 8.63. The van der Waals surface area contributed by atoms with Gasteiger partial charge in [0.15, 0.2) is 5.82 Å². The lowest BCUT2D eigenvalue weighted by Crippen LogP contribution is -2.48. The Morgan fingerprint density at radius 1 is 1.75 bits per heavy atom. The summed E-state index contributed by atoms with van der Waals surface area (Å²) in [6, 6.07) is 1.29. The highest BCUT2D eigenvalue weighted by Gasteiger charge is 2.23. The van der Waals surface area contributed by atoms with Crippen molar-refractivity contribution in [2.45, 2.75) is 6.10 Å². The molecular formula is C9H13N3O4. The van der Waals surface area contributed by atoms with Gasteiger partial charge in [0.05, 0.1) is 25.9 Å². The minimum absolute atomic E-state index is 0.0895. The molecule has 1 saturated heterocycles. The Kier molecular flexibility index (Phi) is 3.37. The predicted octanol–water partition coefficient (Wildman–Crippen LogP) is -0.100. The molecule has 0 aromatic carbocycles. The van der Waals surface area contributed by atoms with Crippen molar-refractivity contribution in [1.29, 1.82) is 0 Å². The molecule has 0 radical (unpaired) electrons. The number of urea groups is 1. The third-order valence-corrected chi connectivity index (χ3v) is 2.30. The Hall–Kier alpha value is -1.60. The molecule has 0 spiro atoms. The standard InChI is InChI=1S/C9H13N3O4/c13-6-7-5-12(2-4-15-7)9(14)10-8-1-3-16-11-8/h1,3,7,13H,2,4-6H2,(H,10,11,14). The van der Waals surface area contributed by atoms with Gasteiger partial charge in [-0.3, -0.25) is 5.32 Å². The topological polar surface area (TPSA) is 87.8 Å². The van der Waals surface area contributed by atoms with Crippen LogP contribution in [0.25, 0.3) is 0 Å². The summed E-state index contributed by atoms with van der Waals surface area (Å²) in [5.41, 5.74) is 0. The highest BCUT2D eigenvalue weighted by Crippen LogP contribution is 2.08. The Morgan fingerprint density at radius 2 is 2.62 bits per heavy atom. The van der Waals surface area contributed by atoms with E-state index in [0.29, 0.717) is 25.5 Å². The average Bonchev–Trinajstić information content (AvgIpc) is 2.82. The van der Waals surface area contributed by atoms with Crippen LogP contribution in [-0.2, 0) is 4.74 Å². The summed E-state index contributed by atoms with van der Waals surface area (Å²) in [5, 5.41) is 15.1. The monoisotopic (exact) mass is 227 g/mol. The Bertz CT molecular complexity index is 341. The van der Waals surface area contributed by atoms with Crippen LogP contribution < -0.4 is 5.32 Å². The number of rotatable bonds is 2. The maximum Gasteiger partial charge on any atom is 0.323 e. The van der Waals surface area contributed by atoms with Gasteiger partial charge in [0.2, 0.25) is 0 Å². The van der Waals surface area contributed by atoms with Gasteiger partial charge in [-0.2, -0.15) is 0 Å². The van der Waals surface area contributed by atoms with E-state index in [2.05, 4.69) is 15.0 Å². The number of anilines is 1. The van der Waals surface area contributed by atoms with Gasteiger partial charge in [0, 0.05) is 12.6 Å². The summed E-state index contributed by atoms with van der Waals surface area (Å²) in [5.74, 6) is 0.372. The van der Waals surface area contributed by atoms with Crippen LogP contribution in [0.3, 0.4) is 0 Å². The molecule has 88 valence electrons. The predicted molar refractivity (Wildman–Crippen MR) is 53.9 cm³/mol. The number of morpholine rings is 1. The molecule has 1 aliphatic rings. The number of amides is 2. The number of aliphatic hydroxyl groups is 1. The lowest BCUT2D eigenvalue weighted by Gasteiger charge is -2.31. The molecule has 2 amide bonds. The minimum atomic E-state index is -0.309. The molecule has 0 saturated carbocycles. The molecular weight excluding hydrogens is 214 g/mol. The van der Waals surface area contributed by atoms with E-state index in [1.807, 2.05) is 0 Å². The van der Waals surface area contributed by atoms with E-state index >= 15 is 0 Å². The maximum atomic E-state index is 11.7. The van der Waals surface area contributed by atoms with Crippen LogP contribution in [0.4, 0.5) is 10.6 Å².